The average Bonchev–Trinajstić information content (AvgIpc) is 2.21. The van der Waals surface area contributed by atoms with E-state index in [4.69, 9.17) is 8.85 Å². The van der Waals surface area contributed by atoms with Crippen molar-refractivity contribution in [2.24, 2.45) is 0 Å². The summed E-state index contributed by atoms with van der Waals surface area (Å²) in [5.41, 5.74) is 0. The minimum absolute atomic E-state index is 0.462. The standard InChI is InChI=1S/C10H24O2SSi/c1-4-5-6-7-8-10(13)9-14(11-2)12-3/h10,13-14H,4-9H2,1-3H3. The Morgan fingerprint density at radius 2 is 1.79 bits per heavy atom. The molecule has 0 fully saturated rings. The molecule has 0 aliphatic rings. The van der Waals surface area contributed by atoms with Gasteiger partial charge < -0.3 is 8.85 Å². The molecule has 14 heavy (non-hydrogen) atoms. The van der Waals surface area contributed by atoms with E-state index in [1.165, 1.54) is 32.1 Å². The van der Waals surface area contributed by atoms with Crippen LogP contribution in [0.1, 0.15) is 39.0 Å². The first kappa shape index (κ1) is 14.5. The van der Waals surface area contributed by atoms with E-state index in [1.54, 1.807) is 14.2 Å². The van der Waals surface area contributed by atoms with Crippen molar-refractivity contribution in [3.05, 3.63) is 0 Å². The molecule has 0 aromatic carbocycles. The van der Waals surface area contributed by atoms with Crippen molar-refractivity contribution in [1.82, 2.24) is 0 Å². The van der Waals surface area contributed by atoms with Crippen LogP contribution in [-0.2, 0) is 8.85 Å². The number of hydrogen-bond donors (Lipinski definition) is 1. The third-order valence-electron chi connectivity index (χ3n) is 2.38. The van der Waals surface area contributed by atoms with Crippen LogP contribution in [0.3, 0.4) is 0 Å². The summed E-state index contributed by atoms with van der Waals surface area (Å²) in [5.74, 6) is 0. The summed E-state index contributed by atoms with van der Waals surface area (Å²) >= 11 is 4.55. The number of rotatable bonds is 9. The summed E-state index contributed by atoms with van der Waals surface area (Å²) in [4.78, 5) is 0. The Morgan fingerprint density at radius 1 is 1.14 bits per heavy atom. The van der Waals surface area contributed by atoms with Gasteiger partial charge in [-0.1, -0.05) is 32.6 Å². The fourth-order valence-electron chi connectivity index (χ4n) is 1.44. The number of unbranched alkanes of at least 4 members (excludes halogenated alkanes) is 3. The molecular formula is C10H24O2SSi. The highest BCUT2D eigenvalue weighted by Crippen LogP contribution is 2.15. The van der Waals surface area contributed by atoms with E-state index < -0.39 is 9.28 Å². The van der Waals surface area contributed by atoms with Gasteiger partial charge in [0.1, 0.15) is 0 Å². The Labute approximate surface area is 95.6 Å². The lowest BCUT2D eigenvalue weighted by Crippen LogP contribution is -2.23. The normalized spacial score (nSPS) is 13.5. The lowest BCUT2D eigenvalue weighted by Gasteiger charge is -2.15. The molecule has 0 aliphatic carbocycles. The highest BCUT2D eigenvalue weighted by atomic mass is 32.1. The predicted molar refractivity (Wildman–Crippen MR) is 67.5 cm³/mol. The van der Waals surface area contributed by atoms with Crippen molar-refractivity contribution in [1.29, 1.82) is 0 Å². The first-order chi connectivity index (χ1) is 6.74. The Balaban J connectivity index is 3.38. The maximum absolute atomic E-state index is 5.27. The van der Waals surface area contributed by atoms with E-state index in [2.05, 4.69) is 19.6 Å². The van der Waals surface area contributed by atoms with Gasteiger partial charge in [0.05, 0.1) is 0 Å². The minimum atomic E-state index is -1.39. The molecule has 86 valence electrons. The second-order valence-electron chi connectivity index (χ2n) is 3.64. The minimum Gasteiger partial charge on any atom is -0.400 e. The predicted octanol–water partition coefficient (Wildman–Crippen LogP) is 2.77. The molecule has 2 nitrogen and oxygen atoms in total. The van der Waals surface area contributed by atoms with Gasteiger partial charge in [0.2, 0.25) is 0 Å². The lowest BCUT2D eigenvalue weighted by atomic mass is 10.1. The number of thiol groups is 1. The van der Waals surface area contributed by atoms with Crippen LogP contribution in [0, 0.1) is 0 Å². The molecule has 1 unspecified atom stereocenters. The molecule has 0 rings (SSSR count). The Hall–Kier alpha value is 0.487. The van der Waals surface area contributed by atoms with Gasteiger partial charge in [-0.05, 0) is 12.5 Å². The van der Waals surface area contributed by atoms with Gasteiger partial charge in [-0.3, -0.25) is 0 Å². The largest absolute Gasteiger partial charge is 0.400 e. The van der Waals surface area contributed by atoms with Crippen LogP contribution in [-0.4, -0.2) is 28.8 Å². The summed E-state index contributed by atoms with van der Waals surface area (Å²) in [6.45, 7) is 2.23. The van der Waals surface area contributed by atoms with Crippen LogP contribution in [0.4, 0.5) is 0 Å². The van der Waals surface area contributed by atoms with Crippen molar-refractivity contribution in [3.8, 4) is 0 Å². The summed E-state index contributed by atoms with van der Waals surface area (Å²) in [5, 5.41) is 0.462. The van der Waals surface area contributed by atoms with E-state index >= 15 is 0 Å². The van der Waals surface area contributed by atoms with Gasteiger partial charge in [0.15, 0.2) is 0 Å². The average molecular weight is 236 g/mol. The molecule has 0 aromatic heterocycles. The maximum Gasteiger partial charge on any atom is 0.321 e. The van der Waals surface area contributed by atoms with Crippen molar-refractivity contribution in [3.63, 3.8) is 0 Å². The third kappa shape index (κ3) is 7.85. The van der Waals surface area contributed by atoms with E-state index in [9.17, 15) is 0 Å². The van der Waals surface area contributed by atoms with Crippen LogP contribution in [0.5, 0.6) is 0 Å². The quantitative estimate of drug-likeness (QED) is 0.377. The smallest absolute Gasteiger partial charge is 0.321 e. The maximum atomic E-state index is 5.27. The molecule has 0 bridgehead atoms. The zero-order valence-electron chi connectivity index (χ0n) is 9.66. The summed E-state index contributed by atoms with van der Waals surface area (Å²) in [6.07, 6.45) is 6.45. The number of hydrogen-bond acceptors (Lipinski definition) is 3. The van der Waals surface area contributed by atoms with E-state index in [-0.39, 0.29) is 0 Å². The Kier molecular flexibility index (Phi) is 10.4. The van der Waals surface area contributed by atoms with Crippen molar-refractivity contribution >= 4 is 21.9 Å². The van der Waals surface area contributed by atoms with Crippen molar-refractivity contribution in [2.75, 3.05) is 14.2 Å². The second-order valence-corrected chi connectivity index (χ2v) is 6.64. The van der Waals surface area contributed by atoms with E-state index in [0.717, 1.165) is 6.04 Å². The molecule has 0 amide bonds. The van der Waals surface area contributed by atoms with E-state index in [1.807, 2.05) is 0 Å². The molecule has 0 saturated carbocycles. The monoisotopic (exact) mass is 236 g/mol. The summed E-state index contributed by atoms with van der Waals surface area (Å²) < 4.78 is 10.5. The lowest BCUT2D eigenvalue weighted by molar-refractivity contribution is 0.276. The SMILES string of the molecule is CCCCCCC(S)C[SiH](OC)OC. The van der Waals surface area contributed by atoms with Crippen LogP contribution in [0.2, 0.25) is 6.04 Å². The Morgan fingerprint density at radius 3 is 2.29 bits per heavy atom. The first-order valence-electron chi connectivity index (χ1n) is 5.48. The third-order valence-corrected chi connectivity index (χ3v) is 5.25. The van der Waals surface area contributed by atoms with Gasteiger partial charge in [-0.25, -0.2) is 0 Å². The highest BCUT2D eigenvalue weighted by molar-refractivity contribution is 7.81. The molecule has 1 atom stereocenters. The topological polar surface area (TPSA) is 18.5 Å². The van der Waals surface area contributed by atoms with E-state index in [0.29, 0.717) is 5.25 Å². The van der Waals surface area contributed by atoms with Crippen LogP contribution >= 0.6 is 12.6 Å². The van der Waals surface area contributed by atoms with Crippen LogP contribution in [0.25, 0.3) is 0 Å². The molecule has 0 spiro atoms. The molecular weight excluding hydrogens is 212 g/mol. The van der Waals surface area contributed by atoms with Crippen molar-refractivity contribution in [2.45, 2.75) is 50.3 Å². The first-order valence-corrected chi connectivity index (χ1v) is 7.75. The molecule has 0 aliphatic heterocycles. The van der Waals surface area contributed by atoms with Crippen LogP contribution in [0.15, 0.2) is 0 Å². The molecule has 0 heterocycles. The van der Waals surface area contributed by atoms with Gasteiger partial charge in [0, 0.05) is 19.5 Å². The van der Waals surface area contributed by atoms with Gasteiger partial charge in [-0.2, -0.15) is 12.6 Å². The molecule has 0 saturated heterocycles. The zero-order chi connectivity index (χ0) is 10.8. The van der Waals surface area contributed by atoms with Gasteiger partial charge in [0.25, 0.3) is 0 Å². The Bertz CT molecular complexity index is 121. The summed E-state index contributed by atoms with van der Waals surface area (Å²) in [6, 6.07) is 1.02. The second kappa shape index (κ2) is 10.0. The fraction of sp³-hybridized carbons (Fsp3) is 1.00. The van der Waals surface area contributed by atoms with Crippen molar-refractivity contribution < 1.29 is 8.85 Å². The highest BCUT2D eigenvalue weighted by Gasteiger charge is 2.14. The molecule has 0 aromatic rings. The molecule has 0 N–H and O–H groups in total. The van der Waals surface area contributed by atoms with Gasteiger partial charge in [-0.15, -0.1) is 0 Å². The van der Waals surface area contributed by atoms with Crippen LogP contribution < -0.4 is 0 Å². The molecule has 0 radical (unpaired) electrons. The van der Waals surface area contributed by atoms with Gasteiger partial charge >= 0.3 is 9.28 Å². The molecule has 4 heteroatoms. The fourth-order valence-corrected chi connectivity index (χ4v) is 3.39. The zero-order valence-corrected chi connectivity index (χ0v) is 11.7. The summed E-state index contributed by atoms with van der Waals surface area (Å²) in [7, 11) is 2.08.